The van der Waals surface area contributed by atoms with E-state index in [4.69, 9.17) is 0 Å². The molecule has 0 saturated heterocycles. The molecule has 1 aromatic heterocycles. The van der Waals surface area contributed by atoms with Gasteiger partial charge in [-0.2, -0.15) is 0 Å². The standard InChI is InChI=1S/C14H11F3N2O2/c1-9-18-7-6-12(19-9)13(20)8-10-2-4-11(5-3-10)21-14(15,16)17/h2-7H,8H2,1H3. The Morgan fingerprint density at radius 1 is 1.19 bits per heavy atom. The van der Waals surface area contributed by atoms with Gasteiger partial charge in [-0.05, 0) is 30.7 Å². The number of benzene rings is 1. The lowest BCUT2D eigenvalue weighted by Crippen LogP contribution is -2.17. The van der Waals surface area contributed by atoms with Crippen LogP contribution in [0.2, 0.25) is 0 Å². The topological polar surface area (TPSA) is 52.1 Å². The Labute approximate surface area is 118 Å². The number of aromatic nitrogens is 2. The molecule has 2 aromatic rings. The first kappa shape index (κ1) is 15.0. The minimum Gasteiger partial charge on any atom is -0.406 e. The number of carbonyl (C=O) groups excluding carboxylic acids is 1. The van der Waals surface area contributed by atoms with Crippen LogP contribution in [-0.4, -0.2) is 22.1 Å². The van der Waals surface area contributed by atoms with E-state index >= 15 is 0 Å². The van der Waals surface area contributed by atoms with E-state index in [9.17, 15) is 18.0 Å². The molecular formula is C14H11F3N2O2. The molecule has 7 heteroatoms. The molecule has 0 aliphatic rings. The predicted octanol–water partition coefficient (Wildman–Crippen LogP) is 3.11. The van der Waals surface area contributed by atoms with Crippen molar-refractivity contribution in [1.82, 2.24) is 9.97 Å². The number of rotatable bonds is 4. The summed E-state index contributed by atoms with van der Waals surface area (Å²) < 4.78 is 39.8. The molecule has 0 saturated carbocycles. The Morgan fingerprint density at radius 2 is 1.86 bits per heavy atom. The Balaban J connectivity index is 2.05. The van der Waals surface area contributed by atoms with Gasteiger partial charge < -0.3 is 4.74 Å². The van der Waals surface area contributed by atoms with Crippen molar-refractivity contribution in [2.75, 3.05) is 0 Å². The highest BCUT2D eigenvalue weighted by atomic mass is 19.4. The number of halogens is 3. The van der Waals surface area contributed by atoms with E-state index in [1.165, 1.54) is 36.5 Å². The van der Waals surface area contributed by atoms with Gasteiger partial charge in [0.2, 0.25) is 0 Å². The second-order valence-electron chi connectivity index (χ2n) is 4.28. The fourth-order valence-corrected chi connectivity index (χ4v) is 1.70. The normalized spacial score (nSPS) is 11.2. The van der Waals surface area contributed by atoms with Gasteiger partial charge in [-0.3, -0.25) is 4.79 Å². The van der Waals surface area contributed by atoms with Crippen molar-refractivity contribution in [2.45, 2.75) is 19.7 Å². The highest BCUT2D eigenvalue weighted by Gasteiger charge is 2.30. The van der Waals surface area contributed by atoms with E-state index in [1.54, 1.807) is 6.92 Å². The minimum absolute atomic E-state index is 0.0444. The maximum atomic E-state index is 12.0. The highest BCUT2D eigenvalue weighted by molar-refractivity contribution is 5.95. The average Bonchev–Trinajstić information content (AvgIpc) is 2.39. The van der Waals surface area contributed by atoms with Gasteiger partial charge in [0.05, 0.1) is 0 Å². The zero-order valence-corrected chi connectivity index (χ0v) is 11.0. The van der Waals surface area contributed by atoms with Gasteiger partial charge in [0.15, 0.2) is 5.78 Å². The van der Waals surface area contributed by atoms with Crippen LogP contribution in [-0.2, 0) is 6.42 Å². The van der Waals surface area contributed by atoms with Crippen LogP contribution < -0.4 is 4.74 Å². The molecule has 0 atom stereocenters. The summed E-state index contributed by atoms with van der Waals surface area (Å²) in [7, 11) is 0. The third kappa shape index (κ3) is 4.55. The Hall–Kier alpha value is -2.44. The first-order chi connectivity index (χ1) is 9.83. The van der Waals surface area contributed by atoms with Crippen molar-refractivity contribution in [2.24, 2.45) is 0 Å². The lowest BCUT2D eigenvalue weighted by molar-refractivity contribution is -0.274. The molecule has 4 nitrogen and oxygen atoms in total. The largest absolute Gasteiger partial charge is 0.573 e. The second kappa shape index (κ2) is 5.90. The molecule has 2 rings (SSSR count). The number of aryl methyl sites for hydroxylation is 1. The molecule has 0 spiro atoms. The minimum atomic E-state index is -4.73. The molecule has 0 unspecified atom stereocenters. The summed E-state index contributed by atoms with van der Waals surface area (Å²) in [6.45, 7) is 1.67. The van der Waals surface area contributed by atoms with Gasteiger partial charge in [0.25, 0.3) is 0 Å². The highest BCUT2D eigenvalue weighted by Crippen LogP contribution is 2.23. The first-order valence-electron chi connectivity index (χ1n) is 6.01. The van der Waals surface area contributed by atoms with Crippen LogP contribution in [0.3, 0.4) is 0 Å². The summed E-state index contributed by atoms with van der Waals surface area (Å²) in [6, 6.07) is 6.65. The molecule has 0 amide bonds. The van der Waals surface area contributed by atoms with Gasteiger partial charge in [-0.25, -0.2) is 9.97 Å². The smallest absolute Gasteiger partial charge is 0.406 e. The second-order valence-corrected chi connectivity index (χ2v) is 4.28. The summed E-state index contributed by atoms with van der Waals surface area (Å²) >= 11 is 0. The number of ether oxygens (including phenoxy) is 1. The summed E-state index contributed by atoms with van der Waals surface area (Å²) in [5, 5.41) is 0. The molecule has 1 aromatic carbocycles. The van der Waals surface area contributed by atoms with Crippen LogP contribution in [0.15, 0.2) is 36.5 Å². The van der Waals surface area contributed by atoms with E-state index < -0.39 is 6.36 Å². The van der Waals surface area contributed by atoms with E-state index in [2.05, 4.69) is 14.7 Å². The van der Waals surface area contributed by atoms with Crippen molar-refractivity contribution in [1.29, 1.82) is 0 Å². The monoisotopic (exact) mass is 296 g/mol. The van der Waals surface area contributed by atoms with Gasteiger partial charge in [0, 0.05) is 12.6 Å². The third-order valence-electron chi connectivity index (χ3n) is 2.58. The molecular weight excluding hydrogens is 285 g/mol. The number of nitrogens with zero attached hydrogens (tertiary/aromatic N) is 2. The van der Waals surface area contributed by atoms with Crippen LogP contribution in [0.25, 0.3) is 0 Å². The van der Waals surface area contributed by atoms with E-state index in [0.717, 1.165) is 0 Å². The van der Waals surface area contributed by atoms with E-state index in [1.807, 2.05) is 0 Å². The SMILES string of the molecule is Cc1nccc(C(=O)Cc2ccc(OC(F)(F)F)cc2)n1. The van der Waals surface area contributed by atoms with Crippen LogP contribution in [0.1, 0.15) is 21.9 Å². The number of hydrogen-bond donors (Lipinski definition) is 0. The zero-order valence-electron chi connectivity index (χ0n) is 11.0. The molecule has 21 heavy (non-hydrogen) atoms. The number of Topliss-reactive ketones (excluding diaryl/α,β-unsaturated/α-hetero) is 1. The number of carbonyl (C=O) groups is 1. The fourth-order valence-electron chi connectivity index (χ4n) is 1.70. The van der Waals surface area contributed by atoms with Crippen molar-refractivity contribution in [3.63, 3.8) is 0 Å². The summed E-state index contributed by atoms with van der Waals surface area (Å²) in [6.07, 6.45) is -3.20. The van der Waals surface area contributed by atoms with Crippen LogP contribution >= 0.6 is 0 Å². The predicted molar refractivity (Wildman–Crippen MR) is 67.9 cm³/mol. The van der Waals surface area contributed by atoms with Crippen LogP contribution in [0.5, 0.6) is 5.75 Å². The van der Waals surface area contributed by atoms with Crippen molar-refractivity contribution in [3.8, 4) is 5.75 Å². The van der Waals surface area contributed by atoms with Gasteiger partial charge >= 0.3 is 6.36 Å². The van der Waals surface area contributed by atoms with E-state index in [0.29, 0.717) is 11.4 Å². The lowest BCUT2D eigenvalue weighted by atomic mass is 10.1. The maximum Gasteiger partial charge on any atom is 0.573 e. The summed E-state index contributed by atoms with van der Waals surface area (Å²) in [5.41, 5.74) is 0.851. The molecule has 0 N–H and O–H groups in total. The fraction of sp³-hybridized carbons (Fsp3) is 0.214. The molecule has 0 aliphatic heterocycles. The first-order valence-corrected chi connectivity index (χ1v) is 6.01. The molecule has 0 fully saturated rings. The Bertz CT molecular complexity index is 639. The number of alkyl halides is 3. The summed E-state index contributed by atoms with van der Waals surface area (Å²) in [4.78, 5) is 19.9. The third-order valence-corrected chi connectivity index (χ3v) is 2.58. The van der Waals surface area contributed by atoms with Crippen LogP contribution in [0, 0.1) is 6.92 Å². The average molecular weight is 296 g/mol. The molecule has 0 radical (unpaired) electrons. The molecule has 110 valence electrons. The zero-order chi connectivity index (χ0) is 15.5. The Kier molecular flexibility index (Phi) is 4.21. The van der Waals surface area contributed by atoms with Gasteiger partial charge in [0.1, 0.15) is 17.3 Å². The van der Waals surface area contributed by atoms with Crippen molar-refractivity contribution in [3.05, 3.63) is 53.6 Å². The molecule has 0 aliphatic carbocycles. The molecule has 0 bridgehead atoms. The lowest BCUT2D eigenvalue weighted by Gasteiger charge is -2.09. The van der Waals surface area contributed by atoms with E-state index in [-0.39, 0.29) is 23.6 Å². The van der Waals surface area contributed by atoms with Crippen LogP contribution in [0.4, 0.5) is 13.2 Å². The number of hydrogen-bond acceptors (Lipinski definition) is 4. The maximum absolute atomic E-state index is 12.0. The van der Waals surface area contributed by atoms with Gasteiger partial charge in [-0.1, -0.05) is 12.1 Å². The van der Waals surface area contributed by atoms with Crippen molar-refractivity contribution >= 4 is 5.78 Å². The Morgan fingerprint density at radius 3 is 2.43 bits per heavy atom. The quantitative estimate of drug-likeness (QED) is 0.813. The number of ketones is 1. The van der Waals surface area contributed by atoms with Crippen molar-refractivity contribution < 1.29 is 22.7 Å². The summed E-state index contributed by atoms with van der Waals surface area (Å²) in [5.74, 6) is -0.0728. The van der Waals surface area contributed by atoms with Gasteiger partial charge in [-0.15, -0.1) is 13.2 Å². The molecule has 1 heterocycles.